The number of hydrogen-bond acceptors (Lipinski definition) is 2. The maximum atomic E-state index is 14.2. The average molecular weight is 345 g/mol. The second-order valence-corrected chi connectivity index (χ2v) is 6.18. The lowest BCUT2D eigenvalue weighted by molar-refractivity contribution is 0.138. The fourth-order valence-corrected chi connectivity index (χ4v) is 2.80. The molecule has 0 saturated carbocycles. The van der Waals surface area contributed by atoms with Crippen LogP contribution in [0.25, 0.3) is 0 Å². The maximum Gasteiger partial charge on any atom is 0.129 e. The molecule has 0 aromatic heterocycles. The largest absolute Gasteiger partial charge is 0.329 e. The molecule has 0 aliphatic heterocycles. The molecule has 1 aromatic rings. The van der Waals surface area contributed by atoms with E-state index in [0.29, 0.717) is 18.2 Å². The second kappa shape index (κ2) is 8.75. The van der Waals surface area contributed by atoms with E-state index in [9.17, 15) is 4.39 Å². The molecule has 2 atom stereocenters. The van der Waals surface area contributed by atoms with Crippen LogP contribution < -0.4 is 5.73 Å². The first-order valence-corrected chi connectivity index (χ1v) is 8.25. The van der Waals surface area contributed by atoms with E-state index in [2.05, 4.69) is 41.6 Å². The molecule has 0 fully saturated rings. The van der Waals surface area contributed by atoms with Crippen LogP contribution in [-0.2, 0) is 0 Å². The lowest BCUT2D eigenvalue weighted by Crippen LogP contribution is -2.40. The van der Waals surface area contributed by atoms with Crippen molar-refractivity contribution >= 4 is 15.9 Å². The zero-order chi connectivity index (χ0) is 15.1. The Labute approximate surface area is 130 Å². The normalized spacial score (nSPS) is 14.6. The fourth-order valence-electron chi connectivity index (χ4n) is 2.47. The van der Waals surface area contributed by atoms with Gasteiger partial charge in [-0.2, -0.15) is 0 Å². The van der Waals surface area contributed by atoms with Crippen LogP contribution in [0.1, 0.15) is 51.6 Å². The Morgan fingerprint density at radius 3 is 2.55 bits per heavy atom. The van der Waals surface area contributed by atoms with Gasteiger partial charge in [0.05, 0.1) is 6.04 Å². The monoisotopic (exact) mass is 344 g/mol. The van der Waals surface area contributed by atoms with Gasteiger partial charge in [-0.15, -0.1) is 0 Å². The van der Waals surface area contributed by atoms with Crippen LogP contribution >= 0.6 is 15.9 Å². The highest BCUT2D eigenvalue weighted by atomic mass is 79.9. The molecule has 114 valence electrons. The molecule has 2 N–H and O–H groups in total. The number of halogens is 2. The second-order valence-electron chi connectivity index (χ2n) is 5.27. The highest BCUT2D eigenvalue weighted by Crippen LogP contribution is 2.27. The quantitative estimate of drug-likeness (QED) is 0.752. The summed E-state index contributed by atoms with van der Waals surface area (Å²) in [5, 5.41) is 0. The third-order valence-corrected chi connectivity index (χ3v) is 4.37. The van der Waals surface area contributed by atoms with Crippen molar-refractivity contribution in [2.45, 2.75) is 52.1 Å². The summed E-state index contributed by atoms with van der Waals surface area (Å²) < 4.78 is 15.0. The zero-order valence-electron chi connectivity index (χ0n) is 12.7. The van der Waals surface area contributed by atoms with E-state index < -0.39 is 0 Å². The van der Waals surface area contributed by atoms with Crippen LogP contribution in [0.4, 0.5) is 4.39 Å². The Kier molecular flexibility index (Phi) is 7.70. The van der Waals surface area contributed by atoms with Crippen LogP contribution in [-0.4, -0.2) is 24.0 Å². The topological polar surface area (TPSA) is 29.3 Å². The van der Waals surface area contributed by atoms with E-state index in [1.165, 1.54) is 6.07 Å². The van der Waals surface area contributed by atoms with Gasteiger partial charge in [-0.05, 0) is 38.4 Å². The summed E-state index contributed by atoms with van der Waals surface area (Å²) in [5.41, 5.74) is 6.66. The van der Waals surface area contributed by atoms with Crippen molar-refractivity contribution in [3.8, 4) is 0 Å². The Morgan fingerprint density at radius 2 is 2.05 bits per heavy atom. The fraction of sp³-hybridized carbons (Fsp3) is 0.625. The molecule has 0 spiro atoms. The van der Waals surface area contributed by atoms with E-state index >= 15 is 0 Å². The van der Waals surface area contributed by atoms with Crippen molar-refractivity contribution in [3.05, 3.63) is 34.1 Å². The third kappa shape index (κ3) is 4.54. The molecule has 4 heteroatoms. The summed E-state index contributed by atoms with van der Waals surface area (Å²) in [6.45, 7) is 7.92. The van der Waals surface area contributed by atoms with E-state index in [1.54, 1.807) is 0 Å². The highest BCUT2D eigenvalue weighted by molar-refractivity contribution is 9.10. The van der Waals surface area contributed by atoms with Crippen LogP contribution in [0.15, 0.2) is 22.7 Å². The first-order chi connectivity index (χ1) is 9.54. The van der Waals surface area contributed by atoms with Crippen LogP contribution in [0.5, 0.6) is 0 Å². The van der Waals surface area contributed by atoms with Crippen molar-refractivity contribution in [1.82, 2.24) is 4.90 Å². The van der Waals surface area contributed by atoms with Gasteiger partial charge in [0, 0.05) is 22.6 Å². The van der Waals surface area contributed by atoms with Gasteiger partial charge in [0.2, 0.25) is 0 Å². The Balaban J connectivity index is 3.04. The Hall–Kier alpha value is -0.450. The van der Waals surface area contributed by atoms with E-state index in [-0.39, 0.29) is 11.9 Å². The predicted molar refractivity (Wildman–Crippen MR) is 87.3 cm³/mol. The summed E-state index contributed by atoms with van der Waals surface area (Å²) in [4.78, 5) is 2.34. The standard InChI is InChI=1S/C16H26BrFN2/c1-4-6-9-20(12(3)5-2)16(11-19)14-8-7-13(17)10-15(14)18/h7-8,10,12,16H,4-6,9,11,19H2,1-3H3. The van der Waals surface area contributed by atoms with Crippen molar-refractivity contribution in [1.29, 1.82) is 0 Å². The summed E-state index contributed by atoms with van der Waals surface area (Å²) >= 11 is 3.30. The van der Waals surface area contributed by atoms with Crippen LogP contribution in [0.2, 0.25) is 0 Å². The lowest BCUT2D eigenvalue weighted by atomic mass is 10.0. The molecule has 0 radical (unpaired) electrons. The molecule has 0 saturated heterocycles. The molecule has 0 aliphatic carbocycles. The van der Waals surface area contributed by atoms with Gasteiger partial charge in [0.25, 0.3) is 0 Å². The minimum absolute atomic E-state index is 0.0513. The van der Waals surface area contributed by atoms with Crippen molar-refractivity contribution in [2.24, 2.45) is 5.73 Å². The number of benzene rings is 1. The molecule has 0 aliphatic rings. The number of nitrogens with zero attached hydrogens (tertiary/aromatic N) is 1. The van der Waals surface area contributed by atoms with Crippen molar-refractivity contribution in [3.63, 3.8) is 0 Å². The molecular formula is C16H26BrFN2. The van der Waals surface area contributed by atoms with Gasteiger partial charge in [-0.3, -0.25) is 4.90 Å². The smallest absolute Gasteiger partial charge is 0.129 e. The molecule has 1 aromatic carbocycles. The van der Waals surface area contributed by atoms with Crippen LogP contribution in [0.3, 0.4) is 0 Å². The number of nitrogens with two attached hydrogens (primary N) is 1. The molecule has 20 heavy (non-hydrogen) atoms. The van der Waals surface area contributed by atoms with Gasteiger partial charge in [0.1, 0.15) is 5.82 Å². The molecular weight excluding hydrogens is 319 g/mol. The number of hydrogen-bond donors (Lipinski definition) is 1. The lowest BCUT2D eigenvalue weighted by Gasteiger charge is -2.36. The van der Waals surface area contributed by atoms with E-state index in [1.807, 2.05) is 12.1 Å². The molecule has 2 nitrogen and oxygen atoms in total. The summed E-state index contributed by atoms with van der Waals surface area (Å²) in [5.74, 6) is -0.181. The maximum absolute atomic E-state index is 14.2. The Bertz CT molecular complexity index is 411. The highest BCUT2D eigenvalue weighted by Gasteiger charge is 2.25. The van der Waals surface area contributed by atoms with Crippen LogP contribution in [0, 0.1) is 5.82 Å². The molecule has 0 heterocycles. The first kappa shape index (κ1) is 17.6. The van der Waals surface area contributed by atoms with E-state index in [0.717, 1.165) is 30.3 Å². The third-order valence-electron chi connectivity index (χ3n) is 3.87. The summed E-state index contributed by atoms with van der Waals surface area (Å²) in [7, 11) is 0. The van der Waals surface area contributed by atoms with Crippen molar-refractivity contribution < 1.29 is 4.39 Å². The minimum atomic E-state index is -0.181. The SMILES string of the molecule is CCCCN(C(C)CC)C(CN)c1ccc(Br)cc1F. The van der Waals surface area contributed by atoms with Gasteiger partial charge < -0.3 is 5.73 Å². The predicted octanol–water partition coefficient (Wildman–Crippen LogP) is 4.49. The Morgan fingerprint density at radius 1 is 1.35 bits per heavy atom. The molecule has 1 rings (SSSR count). The van der Waals surface area contributed by atoms with Gasteiger partial charge in [0.15, 0.2) is 0 Å². The molecule has 2 unspecified atom stereocenters. The van der Waals surface area contributed by atoms with Gasteiger partial charge in [-0.25, -0.2) is 4.39 Å². The average Bonchev–Trinajstić information content (AvgIpc) is 2.44. The van der Waals surface area contributed by atoms with Gasteiger partial charge in [-0.1, -0.05) is 42.3 Å². The van der Waals surface area contributed by atoms with Crippen molar-refractivity contribution in [2.75, 3.05) is 13.1 Å². The molecule has 0 bridgehead atoms. The minimum Gasteiger partial charge on any atom is -0.329 e. The number of unbranched alkanes of at least 4 members (excludes halogenated alkanes) is 1. The summed E-state index contributed by atoms with van der Waals surface area (Å²) in [6, 6.07) is 5.60. The van der Waals surface area contributed by atoms with E-state index in [4.69, 9.17) is 5.73 Å². The number of rotatable bonds is 8. The first-order valence-electron chi connectivity index (χ1n) is 7.45. The zero-order valence-corrected chi connectivity index (χ0v) is 14.3. The van der Waals surface area contributed by atoms with Gasteiger partial charge >= 0.3 is 0 Å². The molecule has 0 amide bonds. The summed E-state index contributed by atoms with van der Waals surface area (Å²) in [6.07, 6.45) is 3.28.